The summed E-state index contributed by atoms with van der Waals surface area (Å²) in [5.41, 5.74) is 1.09. The summed E-state index contributed by atoms with van der Waals surface area (Å²) in [6.45, 7) is 2.53. The van der Waals surface area contributed by atoms with Gasteiger partial charge in [0.25, 0.3) is 0 Å². The van der Waals surface area contributed by atoms with E-state index in [0.29, 0.717) is 34.4 Å². The van der Waals surface area contributed by atoms with Crippen molar-refractivity contribution < 1.29 is 19.4 Å². The van der Waals surface area contributed by atoms with Gasteiger partial charge in [0.15, 0.2) is 11.5 Å². The Hall–Kier alpha value is -2.60. The number of ether oxygens (including phenoxy) is 2. The second kappa shape index (κ2) is 8.31. The summed E-state index contributed by atoms with van der Waals surface area (Å²) in [7, 11) is 1.47. The van der Waals surface area contributed by atoms with E-state index >= 15 is 0 Å². The first kappa shape index (κ1) is 17.7. The van der Waals surface area contributed by atoms with Crippen LogP contribution in [0.2, 0.25) is 5.02 Å². The first-order valence-electron chi connectivity index (χ1n) is 7.37. The number of methoxy groups -OCH3 is 1. The van der Waals surface area contributed by atoms with E-state index in [-0.39, 0.29) is 12.3 Å². The maximum absolute atomic E-state index is 12.0. The normalized spacial score (nSPS) is 10.1. The lowest BCUT2D eigenvalue weighted by Gasteiger charge is -2.12. The fourth-order valence-electron chi connectivity index (χ4n) is 2.08. The molecular weight excluding hydrogens is 332 g/mol. The number of rotatable bonds is 6. The van der Waals surface area contributed by atoms with Crippen LogP contribution in [-0.4, -0.2) is 24.9 Å². The average molecular weight is 351 g/mol. The molecule has 2 aromatic carbocycles. The van der Waals surface area contributed by atoms with Crippen molar-refractivity contribution in [3.05, 3.63) is 47.0 Å². The number of carbonyl (C=O) groups is 1. The Bertz CT molecular complexity index is 722. The molecule has 3 N–H and O–H groups in total. The lowest BCUT2D eigenvalue weighted by Crippen LogP contribution is -2.28. The van der Waals surface area contributed by atoms with Crippen molar-refractivity contribution in [3.63, 3.8) is 0 Å². The van der Waals surface area contributed by atoms with Crippen molar-refractivity contribution in [3.8, 4) is 17.2 Å². The number of amides is 2. The number of phenolic OH excluding ortho intramolecular Hbond substituents is 1. The molecule has 2 amide bonds. The van der Waals surface area contributed by atoms with Gasteiger partial charge in [-0.1, -0.05) is 23.7 Å². The molecule has 24 heavy (non-hydrogen) atoms. The highest BCUT2D eigenvalue weighted by Crippen LogP contribution is 2.29. The van der Waals surface area contributed by atoms with Crippen molar-refractivity contribution in [2.45, 2.75) is 13.5 Å². The summed E-state index contributed by atoms with van der Waals surface area (Å²) in [5.74, 6) is 0.920. The van der Waals surface area contributed by atoms with Crippen molar-refractivity contribution in [1.29, 1.82) is 0 Å². The largest absolute Gasteiger partial charge is 0.504 e. The fraction of sp³-hybridized carbons (Fsp3) is 0.235. The minimum atomic E-state index is -0.419. The zero-order valence-electron chi connectivity index (χ0n) is 13.4. The van der Waals surface area contributed by atoms with Crippen molar-refractivity contribution >= 4 is 23.3 Å². The van der Waals surface area contributed by atoms with Gasteiger partial charge in [0, 0.05) is 17.8 Å². The average Bonchev–Trinajstić information content (AvgIpc) is 2.56. The SMILES string of the molecule is CCOc1ccc(NC(=O)NCc2cccc(OC)c2O)cc1Cl. The van der Waals surface area contributed by atoms with Crippen LogP contribution in [0.15, 0.2) is 36.4 Å². The van der Waals surface area contributed by atoms with Gasteiger partial charge in [-0.15, -0.1) is 0 Å². The first-order chi connectivity index (χ1) is 11.5. The molecule has 7 heteroatoms. The van der Waals surface area contributed by atoms with Gasteiger partial charge in [0.05, 0.1) is 18.7 Å². The number of hydrogen-bond acceptors (Lipinski definition) is 4. The van der Waals surface area contributed by atoms with Gasteiger partial charge in [0.2, 0.25) is 0 Å². The van der Waals surface area contributed by atoms with Crippen LogP contribution < -0.4 is 20.1 Å². The molecule has 128 valence electrons. The number of anilines is 1. The lowest BCUT2D eigenvalue weighted by atomic mass is 10.2. The van der Waals surface area contributed by atoms with E-state index in [1.807, 2.05) is 6.92 Å². The van der Waals surface area contributed by atoms with E-state index in [1.165, 1.54) is 7.11 Å². The molecule has 0 radical (unpaired) electrons. The number of halogens is 1. The number of urea groups is 1. The Morgan fingerprint density at radius 3 is 2.71 bits per heavy atom. The quantitative estimate of drug-likeness (QED) is 0.740. The molecule has 0 spiro atoms. The summed E-state index contributed by atoms with van der Waals surface area (Å²) in [4.78, 5) is 12.0. The number of carbonyl (C=O) groups excluding carboxylic acids is 1. The van der Waals surface area contributed by atoms with Gasteiger partial charge in [0.1, 0.15) is 5.75 Å². The minimum absolute atomic E-state index is 0.00408. The Kier molecular flexibility index (Phi) is 6.14. The van der Waals surface area contributed by atoms with Crippen LogP contribution >= 0.6 is 11.6 Å². The summed E-state index contributed by atoms with van der Waals surface area (Å²) in [5, 5.41) is 15.7. The van der Waals surface area contributed by atoms with Gasteiger partial charge in [-0.2, -0.15) is 0 Å². The Labute approximate surface area is 145 Å². The fourth-order valence-corrected chi connectivity index (χ4v) is 2.31. The van der Waals surface area contributed by atoms with E-state index in [0.717, 1.165) is 0 Å². The van der Waals surface area contributed by atoms with Crippen molar-refractivity contribution in [2.75, 3.05) is 19.0 Å². The van der Waals surface area contributed by atoms with Crippen LogP contribution in [0.25, 0.3) is 0 Å². The molecule has 0 aliphatic rings. The van der Waals surface area contributed by atoms with Crippen LogP contribution in [-0.2, 0) is 6.54 Å². The van der Waals surface area contributed by atoms with E-state index in [1.54, 1.807) is 36.4 Å². The predicted octanol–water partition coefficient (Wildman–Crippen LogP) is 3.77. The number of para-hydroxylation sites is 1. The monoisotopic (exact) mass is 350 g/mol. The van der Waals surface area contributed by atoms with Crippen molar-refractivity contribution in [1.82, 2.24) is 5.32 Å². The highest BCUT2D eigenvalue weighted by atomic mass is 35.5. The molecule has 0 aliphatic carbocycles. The smallest absolute Gasteiger partial charge is 0.319 e. The molecule has 0 fully saturated rings. The number of phenols is 1. The highest BCUT2D eigenvalue weighted by molar-refractivity contribution is 6.32. The number of hydrogen-bond donors (Lipinski definition) is 3. The Balaban J connectivity index is 1.95. The first-order valence-corrected chi connectivity index (χ1v) is 7.75. The molecule has 0 atom stereocenters. The summed E-state index contributed by atoms with van der Waals surface area (Å²) >= 11 is 6.08. The molecule has 0 aromatic heterocycles. The molecule has 6 nitrogen and oxygen atoms in total. The summed E-state index contributed by atoms with van der Waals surface area (Å²) in [6, 6.07) is 9.65. The summed E-state index contributed by atoms with van der Waals surface area (Å²) in [6.07, 6.45) is 0. The Morgan fingerprint density at radius 1 is 1.25 bits per heavy atom. The van der Waals surface area contributed by atoms with E-state index in [2.05, 4.69) is 10.6 Å². The molecule has 2 rings (SSSR count). The van der Waals surface area contributed by atoms with Gasteiger partial charge in [-0.05, 0) is 31.2 Å². The maximum atomic E-state index is 12.0. The van der Waals surface area contributed by atoms with Gasteiger partial charge < -0.3 is 25.2 Å². The van der Waals surface area contributed by atoms with E-state index in [4.69, 9.17) is 21.1 Å². The van der Waals surface area contributed by atoms with Crippen LogP contribution in [0, 0.1) is 0 Å². The van der Waals surface area contributed by atoms with Crippen LogP contribution in [0.5, 0.6) is 17.2 Å². The number of benzene rings is 2. The van der Waals surface area contributed by atoms with Crippen LogP contribution in [0.3, 0.4) is 0 Å². The van der Waals surface area contributed by atoms with Crippen LogP contribution in [0.1, 0.15) is 12.5 Å². The second-order valence-corrected chi connectivity index (χ2v) is 5.26. The highest BCUT2D eigenvalue weighted by Gasteiger charge is 2.09. The molecule has 0 bridgehead atoms. The molecule has 0 aliphatic heterocycles. The third kappa shape index (κ3) is 4.45. The lowest BCUT2D eigenvalue weighted by molar-refractivity contribution is 0.251. The van der Waals surface area contributed by atoms with Crippen LogP contribution in [0.4, 0.5) is 10.5 Å². The Morgan fingerprint density at radius 2 is 2.04 bits per heavy atom. The number of aromatic hydroxyl groups is 1. The molecule has 2 aromatic rings. The number of nitrogens with one attached hydrogen (secondary N) is 2. The molecule has 0 saturated heterocycles. The molecular formula is C17H19ClN2O4. The second-order valence-electron chi connectivity index (χ2n) is 4.85. The van der Waals surface area contributed by atoms with Gasteiger partial charge >= 0.3 is 6.03 Å². The maximum Gasteiger partial charge on any atom is 0.319 e. The predicted molar refractivity (Wildman–Crippen MR) is 93.1 cm³/mol. The standard InChI is InChI=1S/C17H19ClN2O4/c1-3-24-14-8-7-12(9-13(14)18)20-17(22)19-10-11-5-4-6-15(23-2)16(11)21/h4-9,21H,3,10H2,1-2H3,(H2,19,20,22). The third-order valence-electron chi connectivity index (χ3n) is 3.23. The minimum Gasteiger partial charge on any atom is -0.504 e. The van der Waals surface area contributed by atoms with Gasteiger partial charge in [-0.25, -0.2) is 4.79 Å². The van der Waals surface area contributed by atoms with Gasteiger partial charge in [-0.3, -0.25) is 0 Å². The molecule has 0 saturated carbocycles. The zero-order chi connectivity index (χ0) is 17.5. The zero-order valence-corrected chi connectivity index (χ0v) is 14.2. The van der Waals surface area contributed by atoms with Crippen molar-refractivity contribution in [2.24, 2.45) is 0 Å². The van der Waals surface area contributed by atoms with E-state index in [9.17, 15) is 9.90 Å². The molecule has 0 unspecified atom stereocenters. The topological polar surface area (TPSA) is 79.8 Å². The molecule has 0 heterocycles. The third-order valence-corrected chi connectivity index (χ3v) is 3.53. The van der Waals surface area contributed by atoms with E-state index < -0.39 is 6.03 Å². The summed E-state index contributed by atoms with van der Waals surface area (Å²) < 4.78 is 10.4.